The molecule has 0 saturated carbocycles. The third-order valence-electron chi connectivity index (χ3n) is 1.41. The average molecular weight is 202 g/mol. The minimum Gasteiger partial charge on any atom is -0.396 e. The summed E-state index contributed by atoms with van der Waals surface area (Å²) in [5.74, 6) is 0. The van der Waals surface area contributed by atoms with E-state index in [0.29, 0.717) is 6.42 Å². The van der Waals surface area contributed by atoms with Gasteiger partial charge in [0.1, 0.15) is 0 Å². The molecule has 0 bridgehead atoms. The van der Waals surface area contributed by atoms with E-state index in [9.17, 15) is 8.42 Å². The number of rotatable bonds is 3. The molecule has 0 spiro atoms. The number of hydrogen-bond donors (Lipinski definition) is 1. The molecule has 0 aromatic carbocycles. The smallest absolute Gasteiger partial charge is 0.246 e. The number of hydrogen-bond acceptors (Lipinski definition) is 5. The maximum atomic E-state index is 10.9. The van der Waals surface area contributed by atoms with Crippen molar-refractivity contribution in [1.29, 1.82) is 0 Å². The van der Waals surface area contributed by atoms with Crippen LogP contribution in [0.15, 0.2) is 17.6 Å². The minimum absolute atomic E-state index is 0.00157. The molecule has 1 rings (SSSR count). The summed E-state index contributed by atoms with van der Waals surface area (Å²) in [7, 11) is -3.32. The zero-order valence-corrected chi connectivity index (χ0v) is 7.95. The van der Waals surface area contributed by atoms with Gasteiger partial charge >= 0.3 is 0 Å². The Morgan fingerprint density at radius 3 is 2.31 bits per heavy atom. The van der Waals surface area contributed by atoms with Crippen molar-refractivity contribution in [2.24, 2.45) is 0 Å². The van der Waals surface area contributed by atoms with E-state index in [1.807, 2.05) is 0 Å². The van der Waals surface area contributed by atoms with Gasteiger partial charge in [-0.15, -0.1) is 0 Å². The second-order valence-corrected chi connectivity index (χ2v) is 4.53. The summed E-state index contributed by atoms with van der Waals surface area (Å²) in [6.07, 6.45) is 4.29. The third-order valence-corrected chi connectivity index (χ3v) is 2.29. The number of sulfone groups is 1. The molecule has 0 unspecified atom stereocenters. The van der Waals surface area contributed by atoms with Crippen LogP contribution in [0.4, 0.5) is 0 Å². The normalized spacial score (nSPS) is 11.5. The van der Waals surface area contributed by atoms with Gasteiger partial charge in [0.2, 0.25) is 15.0 Å². The van der Waals surface area contributed by atoms with Gasteiger partial charge in [-0.2, -0.15) is 0 Å². The van der Waals surface area contributed by atoms with E-state index in [2.05, 4.69) is 9.97 Å². The van der Waals surface area contributed by atoms with E-state index in [-0.39, 0.29) is 11.8 Å². The molecule has 0 amide bonds. The molecular weight excluding hydrogens is 192 g/mol. The van der Waals surface area contributed by atoms with Crippen molar-refractivity contribution >= 4 is 9.84 Å². The fraction of sp³-hybridized carbons (Fsp3) is 0.429. The molecule has 1 aromatic rings. The van der Waals surface area contributed by atoms with E-state index < -0.39 is 9.84 Å². The Kier molecular flexibility index (Phi) is 2.94. The van der Waals surface area contributed by atoms with Gasteiger partial charge in [0.15, 0.2) is 0 Å². The van der Waals surface area contributed by atoms with E-state index in [1.54, 1.807) is 0 Å². The predicted molar refractivity (Wildman–Crippen MR) is 45.9 cm³/mol. The van der Waals surface area contributed by atoms with Crippen molar-refractivity contribution in [1.82, 2.24) is 9.97 Å². The number of aromatic nitrogens is 2. The van der Waals surface area contributed by atoms with Crippen LogP contribution >= 0.6 is 0 Å². The lowest BCUT2D eigenvalue weighted by Gasteiger charge is -1.98. The first-order valence-electron chi connectivity index (χ1n) is 3.66. The molecule has 0 aliphatic rings. The average Bonchev–Trinajstić information content (AvgIpc) is 2.04. The maximum Gasteiger partial charge on any atom is 0.246 e. The minimum atomic E-state index is -3.32. The number of aliphatic hydroxyl groups is 1. The summed E-state index contributed by atoms with van der Waals surface area (Å²) in [5, 5.41) is 8.39. The zero-order chi connectivity index (χ0) is 9.90. The Labute approximate surface area is 76.4 Å². The van der Waals surface area contributed by atoms with E-state index in [0.717, 1.165) is 11.8 Å². The van der Waals surface area contributed by atoms with Gasteiger partial charge < -0.3 is 5.11 Å². The lowest BCUT2D eigenvalue weighted by Crippen LogP contribution is -2.04. The van der Waals surface area contributed by atoms with Crippen LogP contribution in [0, 0.1) is 0 Å². The largest absolute Gasteiger partial charge is 0.396 e. The molecule has 5 nitrogen and oxygen atoms in total. The fourth-order valence-corrected chi connectivity index (χ4v) is 1.28. The fourth-order valence-electron chi connectivity index (χ4n) is 0.793. The summed E-state index contributed by atoms with van der Waals surface area (Å²) in [5.41, 5.74) is 0.718. The standard InChI is InChI=1S/C7H10N2O3S/c1-13(11,12)7-8-4-6(2-3-10)5-9-7/h4-5,10H,2-3H2,1H3. The zero-order valence-electron chi connectivity index (χ0n) is 7.14. The van der Waals surface area contributed by atoms with Gasteiger partial charge in [0.05, 0.1) is 0 Å². The first-order valence-corrected chi connectivity index (χ1v) is 5.55. The summed E-state index contributed by atoms with van der Waals surface area (Å²) in [4.78, 5) is 7.32. The Morgan fingerprint density at radius 1 is 1.38 bits per heavy atom. The number of aliphatic hydroxyl groups excluding tert-OH is 1. The highest BCUT2D eigenvalue weighted by molar-refractivity contribution is 7.90. The molecule has 72 valence electrons. The van der Waals surface area contributed by atoms with Crippen molar-refractivity contribution in [3.8, 4) is 0 Å². The van der Waals surface area contributed by atoms with E-state index in [1.165, 1.54) is 12.4 Å². The molecule has 13 heavy (non-hydrogen) atoms. The molecule has 0 aliphatic heterocycles. The van der Waals surface area contributed by atoms with Gasteiger partial charge in [-0.1, -0.05) is 0 Å². The predicted octanol–water partition coefficient (Wildman–Crippen LogP) is -0.585. The molecule has 0 fully saturated rings. The Morgan fingerprint density at radius 2 is 1.92 bits per heavy atom. The highest BCUT2D eigenvalue weighted by atomic mass is 32.2. The topological polar surface area (TPSA) is 80.2 Å². The van der Waals surface area contributed by atoms with Crippen molar-refractivity contribution < 1.29 is 13.5 Å². The first kappa shape index (κ1) is 10.1. The van der Waals surface area contributed by atoms with Crippen LogP contribution in [0.5, 0.6) is 0 Å². The molecule has 6 heteroatoms. The van der Waals surface area contributed by atoms with Crippen LogP contribution in [0.25, 0.3) is 0 Å². The summed E-state index contributed by atoms with van der Waals surface area (Å²) >= 11 is 0. The molecular formula is C7H10N2O3S. The van der Waals surface area contributed by atoms with Gasteiger partial charge in [0.25, 0.3) is 0 Å². The van der Waals surface area contributed by atoms with Gasteiger partial charge in [-0.25, -0.2) is 18.4 Å². The van der Waals surface area contributed by atoms with Crippen molar-refractivity contribution in [2.75, 3.05) is 12.9 Å². The molecule has 1 heterocycles. The van der Waals surface area contributed by atoms with Crippen molar-refractivity contribution in [2.45, 2.75) is 11.6 Å². The first-order chi connectivity index (χ1) is 6.04. The quantitative estimate of drug-likeness (QED) is 0.663. The number of nitrogens with zero attached hydrogens (tertiary/aromatic N) is 2. The van der Waals surface area contributed by atoms with Crippen LogP contribution in [0.1, 0.15) is 5.56 Å². The summed E-state index contributed by atoms with van der Waals surface area (Å²) in [6, 6.07) is 0. The Hall–Kier alpha value is -1.01. The van der Waals surface area contributed by atoms with Crippen LogP contribution in [0.3, 0.4) is 0 Å². The lowest BCUT2D eigenvalue weighted by atomic mass is 10.3. The maximum absolute atomic E-state index is 10.9. The molecule has 0 radical (unpaired) electrons. The van der Waals surface area contributed by atoms with E-state index >= 15 is 0 Å². The Bertz CT molecular complexity index is 371. The second kappa shape index (κ2) is 3.80. The summed E-state index contributed by atoms with van der Waals surface area (Å²) in [6.45, 7) is 0.00157. The van der Waals surface area contributed by atoms with Crippen molar-refractivity contribution in [3.63, 3.8) is 0 Å². The lowest BCUT2D eigenvalue weighted by molar-refractivity contribution is 0.299. The molecule has 0 atom stereocenters. The van der Waals surface area contributed by atoms with Crippen LogP contribution in [-0.2, 0) is 16.3 Å². The monoisotopic (exact) mass is 202 g/mol. The molecule has 0 saturated heterocycles. The second-order valence-electron chi connectivity index (χ2n) is 2.62. The van der Waals surface area contributed by atoms with Crippen LogP contribution in [0.2, 0.25) is 0 Å². The van der Waals surface area contributed by atoms with Crippen molar-refractivity contribution in [3.05, 3.63) is 18.0 Å². The highest BCUT2D eigenvalue weighted by Gasteiger charge is 2.09. The van der Waals surface area contributed by atoms with Gasteiger partial charge in [0, 0.05) is 25.3 Å². The third kappa shape index (κ3) is 2.74. The van der Waals surface area contributed by atoms with Gasteiger partial charge in [-0.05, 0) is 12.0 Å². The van der Waals surface area contributed by atoms with E-state index in [4.69, 9.17) is 5.11 Å². The summed E-state index contributed by atoms with van der Waals surface area (Å²) < 4.78 is 21.9. The molecule has 1 aromatic heterocycles. The molecule has 0 aliphatic carbocycles. The van der Waals surface area contributed by atoms with Crippen LogP contribution in [-0.4, -0.2) is 36.4 Å². The SMILES string of the molecule is CS(=O)(=O)c1ncc(CCO)cn1. The van der Waals surface area contributed by atoms with Gasteiger partial charge in [-0.3, -0.25) is 0 Å². The highest BCUT2D eigenvalue weighted by Crippen LogP contribution is 2.01. The van der Waals surface area contributed by atoms with Crippen LogP contribution < -0.4 is 0 Å². The molecule has 1 N–H and O–H groups in total. The Balaban J connectivity index is 2.94.